The van der Waals surface area contributed by atoms with Gasteiger partial charge in [-0.3, -0.25) is 9.36 Å². The number of thioether (sulfide) groups is 1. The number of aryl methyl sites for hydroxylation is 1. The van der Waals surface area contributed by atoms with Gasteiger partial charge in [-0.05, 0) is 30.7 Å². The second kappa shape index (κ2) is 6.86. The van der Waals surface area contributed by atoms with Crippen LogP contribution in [0, 0.1) is 6.92 Å². The first kappa shape index (κ1) is 17.8. The molecule has 0 aliphatic carbocycles. The molecule has 1 aromatic heterocycles. The van der Waals surface area contributed by atoms with E-state index in [0.717, 1.165) is 20.7 Å². The number of para-hydroxylation sites is 1. The lowest BCUT2D eigenvalue weighted by Gasteiger charge is -2.15. The number of nitrogens with zero attached hydrogens (tertiary/aromatic N) is 3. The average molecular weight is 399 g/mol. The number of sulfonamides is 1. The first-order valence-corrected chi connectivity index (χ1v) is 10.8. The minimum atomic E-state index is -3.76. The van der Waals surface area contributed by atoms with Crippen molar-refractivity contribution in [3.8, 4) is 5.69 Å². The number of aromatic nitrogens is 2. The Kier molecular flexibility index (Phi) is 4.53. The molecule has 6 nitrogen and oxygen atoms in total. The lowest BCUT2D eigenvalue weighted by atomic mass is 10.2. The van der Waals surface area contributed by atoms with E-state index in [9.17, 15) is 13.2 Å². The predicted molar refractivity (Wildman–Crippen MR) is 104 cm³/mol. The van der Waals surface area contributed by atoms with Crippen molar-refractivity contribution in [1.29, 1.82) is 0 Å². The Morgan fingerprint density at radius 1 is 1.07 bits per heavy atom. The zero-order valence-electron chi connectivity index (χ0n) is 14.6. The highest BCUT2D eigenvalue weighted by Crippen LogP contribution is 2.30. The van der Waals surface area contributed by atoms with E-state index in [2.05, 4.69) is 4.98 Å². The highest BCUT2D eigenvalue weighted by atomic mass is 32.2. The number of imidazole rings is 1. The van der Waals surface area contributed by atoms with E-state index in [1.807, 2.05) is 42.0 Å². The van der Waals surface area contributed by atoms with Gasteiger partial charge in [-0.25, -0.2) is 17.7 Å². The number of hydrogen-bond donors (Lipinski definition) is 0. The van der Waals surface area contributed by atoms with Gasteiger partial charge in [-0.1, -0.05) is 42.1 Å². The fourth-order valence-electron chi connectivity index (χ4n) is 3.09. The number of amides is 1. The van der Waals surface area contributed by atoms with Crippen molar-refractivity contribution in [2.24, 2.45) is 0 Å². The smallest absolute Gasteiger partial charge is 0.269 e. The van der Waals surface area contributed by atoms with Crippen molar-refractivity contribution in [2.45, 2.75) is 17.0 Å². The Balaban J connectivity index is 1.50. The zero-order valence-corrected chi connectivity index (χ0v) is 16.2. The maximum absolute atomic E-state index is 12.6. The maximum Gasteiger partial charge on any atom is 0.269 e. The number of hydrogen-bond acceptors (Lipinski definition) is 5. The van der Waals surface area contributed by atoms with Crippen LogP contribution < -0.4 is 0 Å². The van der Waals surface area contributed by atoms with Crippen LogP contribution in [0.5, 0.6) is 0 Å². The van der Waals surface area contributed by atoms with Gasteiger partial charge in [-0.2, -0.15) is 0 Å². The fourth-order valence-corrected chi connectivity index (χ4v) is 5.66. The van der Waals surface area contributed by atoms with Gasteiger partial charge in [0.05, 0.1) is 11.3 Å². The van der Waals surface area contributed by atoms with Crippen molar-refractivity contribution in [1.82, 2.24) is 13.9 Å². The van der Waals surface area contributed by atoms with Gasteiger partial charge in [0, 0.05) is 24.7 Å². The van der Waals surface area contributed by atoms with Crippen molar-refractivity contribution >= 4 is 27.7 Å². The average Bonchev–Trinajstić information content (AvgIpc) is 3.19. The Hall–Kier alpha value is -2.58. The van der Waals surface area contributed by atoms with Gasteiger partial charge in [0.15, 0.2) is 5.16 Å². The number of rotatable bonds is 5. The first-order valence-electron chi connectivity index (χ1n) is 8.38. The van der Waals surface area contributed by atoms with E-state index in [0.29, 0.717) is 5.75 Å². The normalized spacial score (nSPS) is 15.1. The van der Waals surface area contributed by atoms with Crippen LogP contribution in [0.3, 0.4) is 0 Å². The molecule has 0 atom stereocenters. The molecule has 1 aliphatic rings. The fraction of sp³-hybridized carbons (Fsp3) is 0.158. The van der Waals surface area contributed by atoms with Crippen LogP contribution in [0.15, 0.2) is 71.0 Å². The Labute approximate surface area is 161 Å². The van der Waals surface area contributed by atoms with Crippen LogP contribution in [0.2, 0.25) is 0 Å². The van der Waals surface area contributed by atoms with Gasteiger partial charge in [0.25, 0.3) is 15.9 Å². The minimum Gasteiger partial charge on any atom is -0.295 e. The summed E-state index contributed by atoms with van der Waals surface area (Å²) in [6.45, 7) is 2.12. The molecule has 1 aliphatic heterocycles. The van der Waals surface area contributed by atoms with E-state index < -0.39 is 15.9 Å². The van der Waals surface area contributed by atoms with Gasteiger partial charge in [0.2, 0.25) is 0 Å². The largest absolute Gasteiger partial charge is 0.295 e. The first-order chi connectivity index (χ1) is 13.0. The van der Waals surface area contributed by atoms with Crippen molar-refractivity contribution in [3.63, 3.8) is 0 Å². The molecule has 0 bridgehead atoms. The second-order valence-corrected chi connectivity index (χ2v) is 8.99. The Bertz CT molecular complexity index is 1120. The number of carbonyl (C=O) groups is 1. The van der Waals surface area contributed by atoms with Crippen LogP contribution in [0.1, 0.15) is 15.9 Å². The van der Waals surface area contributed by atoms with E-state index in [-0.39, 0.29) is 17.0 Å². The SMILES string of the molecule is Cc1ccccc1-n1ccnc1SCCN1C(=O)c2ccccc2S1(=O)=O. The van der Waals surface area contributed by atoms with Crippen LogP contribution >= 0.6 is 11.8 Å². The van der Waals surface area contributed by atoms with Gasteiger partial charge < -0.3 is 0 Å². The Morgan fingerprint density at radius 3 is 2.59 bits per heavy atom. The van der Waals surface area contributed by atoms with Crippen LogP contribution in [-0.2, 0) is 10.0 Å². The summed E-state index contributed by atoms with van der Waals surface area (Å²) in [5, 5.41) is 0.755. The third-order valence-electron chi connectivity index (χ3n) is 4.42. The molecular weight excluding hydrogens is 382 g/mol. The van der Waals surface area contributed by atoms with E-state index in [1.54, 1.807) is 24.4 Å². The highest BCUT2D eigenvalue weighted by Gasteiger charge is 2.40. The summed E-state index contributed by atoms with van der Waals surface area (Å²) in [5.74, 6) is -0.0459. The van der Waals surface area contributed by atoms with E-state index in [1.165, 1.54) is 17.8 Å². The lowest BCUT2D eigenvalue weighted by molar-refractivity contribution is 0.0876. The number of benzene rings is 2. The summed E-state index contributed by atoms with van der Waals surface area (Å²) in [6.07, 6.45) is 3.58. The minimum absolute atomic E-state index is 0.0846. The molecule has 1 amide bonds. The lowest BCUT2D eigenvalue weighted by Crippen LogP contribution is -2.32. The van der Waals surface area contributed by atoms with E-state index in [4.69, 9.17) is 0 Å². The van der Waals surface area contributed by atoms with Crippen LogP contribution in [0.4, 0.5) is 0 Å². The van der Waals surface area contributed by atoms with Crippen molar-refractivity contribution in [3.05, 3.63) is 72.1 Å². The monoisotopic (exact) mass is 399 g/mol. The van der Waals surface area contributed by atoms with Gasteiger partial charge >= 0.3 is 0 Å². The molecule has 0 saturated carbocycles. The second-order valence-electron chi connectivity index (χ2n) is 6.09. The third kappa shape index (κ3) is 3.04. The van der Waals surface area contributed by atoms with Crippen molar-refractivity contribution in [2.75, 3.05) is 12.3 Å². The maximum atomic E-state index is 12.6. The number of fused-ring (bicyclic) bond motifs is 1. The molecule has 0 radical (unpaired) electrons. The zero-order chi connectivity index (χ0) is 19.0. The molecule has 4 rings (SSSR count). The predicted octanol–water partition coefficient (Wildman–Crippen LogP) is 3.12. The standard InChI is InChI=1S/C19H17N3O3S2/c1-14-6-2-4-8-16(14)21-11-10-20-19(21)26-13-12-22-18(23)15-7-3-5-9-17(15)27(22,24)25/h2-11H,12-13H2,1H3. The quantitative estimate of drug-likeness (QED) is 0.617. The molecular formula is C19H17N3O3S2. The molecule has 0 spiro atoms. The van der Waals surface area contributed by atoms with Gasteiger partial charge in [0.1, 0.15) is 4.90 Å². The molecule has 138 valence electrons. The summed E-state index contributed by atoms with van der Waals surface area (Å²) < 4.78 is 28.1. The molecule has 2 heterocycles. The summed E-state index contributed by atoms with van der Waals surface area (Å²) >= 11 is 1.42. The van der Waals surface area contributed by atoms with Crippen molar-refractivity contribution < 1.29 is 13.2 Å². The highest BCUT2D eigenvalue weighted by molar-refractivity contribution is 7.99. The molecule has 3 aromatic rings. The summed E-state index contributed by atoms with van der Waals surface area (Å²) in [6, 6.07) is 14.3. The molecule has 8 heteroatoms. The van der Waals surface area contributed by atoms with Crippen LogP contribution in [-0.4, -0.2) is 40.5 Å². The topological polar surface area (TPSA) is 72.3 Å². The Morgan fingerprint density at radius 2 is 1.81 bits per heavy atom. The number of carbonyl (C=O) groups excluding carboxylic acids is 1. The summed E-state index contributed by atoms with van der Waals surface area (Å²) in [4.78, 5) is 16.9. The summed E-state index contributed by atoms with van der Waals surface area (Å²) in [5.41, 5.74) is 2.38. The molecule has 0 unspecified atom stereocenters. The molecule has 0 saturated heterocycles. The summed E-state index contributed by atoms with van der Waals surface area (Å²) in [7, 11) is -3.76. The van der Waals surface area contributed by atoms with Crippen LogP contribution in [0.25, 0.3) is 5.69 Å². The van der Waals surface area contributed by atoms with E-state index >= 15 is 0 Å². The molecule has 0 fully saturated rings. The third-order valence-corrected chi connectivity index (χ3v) is 7.21. The van der Waals surface area contributed by atoms with Gasteiger partial charge in [-0.15, -0.1) is 0 Å². The molecule has 27 heavy (non-hydrogen) atoms. The molecule has 0 N–H and O–H groups in total. The molecule has 2 aromatic carbocycles.